The largest absolute Gasteiger partial charge is 0.314 e. The van der Waals surface area contributed by atoms with E-state index in [0.717, 1.165) is 37.7 Å². The third-order valence-corrected chi connectivity index (χ3v) is 4.11. The summed E-state index contributed by atoms with van der Waals surface area (Å²) < 4.78 is 0. The number of rotatable bonds is 3. The van der Waals surface area contributed by atoms with Crippen LogP contribution in [0.4, 0.5) is 0 Å². The molecule has 1 aliphatic rings. The second-order valence-electron chi connectivity index (χ2n) is 4.54. The average molecular weight is 332 g/mol. The molecule has 2 heterocycles. The number of nitrogens with zero attached hydrogens (tertiary/aromatic N) is 2. The Bertz CT molecular complexity index is 498. The summed E-state index contributed by atoms with van der Waals surface area (Å²) >= 11 is 1.74. The second-order valence-corrected chi connectivity index (χ2v) is 5.39. The van der Waals surface area contributed by atoms with Crippen molar-refractivity contribution in [3.8, 4) is 10.6 Å². The average Bonchev–Trinajstić information content (AvgIpc) is 2.89. The zero-order valence-corrected chi connectivity index (χ0v) is 13.6. The lowest BCUT2D eigenvalue weighted by atomic mass is 10.2. The van der Waals surface area contributed by atoms with Crippen molar-refractivity contribution in [2.45, 2.75) is 6.54 Å². The van der Waals surface area contributed by atoms with E-state index in [2.05, 4.69) is 39.9 Å². The lowest BCUT2D eigenvalue weighted by Crippen LogP contribution is -2.42. The molecule has 0 amide bonds. The maximum atomic E-state index is 4.73. The molecule has 3 rings (SSSR count). The molecular formula is C14H19Cl2N3S. The highest BCUT2D eigenvalue weighted by molar-refractivity contribution is 7.13. The number of nitrogens with one attached hydrogen (secondary N) is 1. The van der Waals surface area contributed by atoms with Crippen LogP contribution in [-0.4, -0.2) is 36.1 Å². The first-order valence-corrected chi connectivity index (χ1v) is 7.23. The Labute approximate surface area is 136 Å². The lowest BCUT2D eigenvalue weighted by Gasteiger charge is -2.26. The first-order valence-electron chi connectivity index (χ1n) is 6.35. The van der Waals surface area contributed by atoms with E-state index >= 15 is 0 Å². The van der Waals surface area contributed by atoms with Crippen molar-refractivity contribution in [1.29, 1.82) is 0 Å². The summed E-state index contributed by atoms with van der Waals surface area (Å²) in [6.45, 7) is 5.41. The van der Waals surface area contributed by atoms with Gasteiger partial charge in [0.15, 0.2) is 0 Å². The van der Waals surface area contributed by atoms with Crippen molar-refractivity contribution in [2.75, 3.05) is 26.2 Å². The fourth-order valence-corrected chi connectivity index (χ4v) is 3.01. The van der Waals surface area contributed by atoms with Gasteiger partial charge in [0.25, 0.3) is 0 Å². The molecule has 20 heavy (non-hydrogen) atoms. The van der Waals surface area contributed by atoms with Crippen LogP contribution in [0.1, 0.15) is 5.69 Å². The minimum Gasteiger partial charge on any atom is -0.314 e. The number of benzene rings is 1. The predicted octanol–water partition coefficient (Wildman–Crippen LogP) is 3.06. The van der Waals surface area contributed by atoms with Gasteiger partial charge in [0, 0.05) is 43.7 Å². The number of aromatic nitrogens is 1. The topological polar surface area (TPSA) is 28.2 Å². The Morgan fingerprint density at radius 1 is 1.10 bits per heavy atom. The highest BCUT2D eigenvalue weighted by Gasteiger charge is 2.12. The van der Waals surface area contributed by atoms with Crippen molar-refractivity contribution in [3.05, 3.63) is 41.4 Å². The summed E-state index contributed by atoms with van der Waals surface area (Å²) in [5.41, 5.74) is 2.41. The molecule has 0 unspecified atom stereocenters. The third-order valence-electron chi connectivity index (χ3n) is 3.17. The second kappa shape index (κ2) is 8.60. The van der Waals surface area contributed by atoms with Gasteiger partial charge in [-0.1, -0.05) is 30.3 Å². The van der Waals surface area contributed by atoms with Crippen LogP contribution in [0.5, 0.6) is 0 Å². The molecule has 1 N–H and O–H groups in total. The molecule has 110 valence electrons. The third kappa shape index (κ3) is 4.43. The van der Waals surface area contributed by atoms with Crippen LogP contribution >= 0.6 is 36.2 Å². The Balaban J connectivity index is 0.000001000. The van der Waals surface area contributed by atoms with E-state index < -0.39 is 0 Å². The SMILES string of the molecule is Cl.Cl.c1ccc(-c2nc(CN3CCNCC3)cs2)cc1. The first-order chi connectivity index (χ1) is 8.92. The van der Waals surface area contributed by atoms with Gasteiger partial charge in [0.2, 0.25) is 0 Å². The van der Waals surface area contributed by atoms with E-state index in [1.807, 2.05) is 6.07 Å². The molecule has 0 saturated carbocycles. The zero-order chi connectivity index (χ0) is 12.2. The maximum absolute atomic E-state index is 4.73. The Morgan fingerprint density at radius 3 is 2.50 bits per heavy atom. The summed E-state index contributed by atoms with van der Waals surface area (Å²) in [6, 6.07) is 10.4. The molecule has 0 spiro atoms. The van der Waals surface area contributed by atoms with Gasteiger partial charge in [-0.05, 0) is 0 Å². The Hall–Kier alpha value is -0.650. The van der Waals surface area contributed by atoms with E-state index in [0.29, 0.717) is 0 Å². The summed E-state index contributed by atoms with van der Waals surface area (Å²) in [7, 11) is 0. The molecule has 0 bridgehead atoms. The molecular weight excluding hydrogens is 313 g/mol. The number of hydrogen-bond acceptors (Lipinski definition) is 4. The minimum absolute atomic E-state index is 0. The highest BCUT2D eigenvalue weighted by Crippen LogP contribution is 2.23. The van der Waals surface area contributed by atoms with Crippen molar-refractivity contribution in [3.63, 3.8) is 0 Å². The molecule has 0 aliphatic carbocycles. The standard InChI is InChI=1S/C14H17N3S.2ClH/c1-2-4-12(5-3-1)14-16-13(11-18-14)10-17-8-6-15-7-9-17;;/h1-5,11,15H,6-10H2;2*1H. The van der Waals surface area contributed by atoms with Crippen LogP contribution in [0, 0.1) is 0 Å². The fraction of sp³-hybridized carbons (Fsp3) is 0.357. The highest BCUT2D eigenvalue weighted by atomic mass is 35.5. The fourth-order valence-electron chi connectivity index (χ4n) is 2.19. The van der Waals surface area contributed by atoms with Gasteiger partial charge in [0.1, 0.15) is 5.01 Å². The summed E-state index contributed by atoms with van der Waals surface area (Å²) in [6.07, 6.45) is 0. The van der Waals surface area contributed by atoms with Crippen molar-refractivity contribution >= 4 is 36.2 Å². The van der Waals surface area contributed by atoms with E-state index in [1.165, 1.54) is 11.3 Å². The molecule has 1 aliphatic heterocycles. The number of thiazole rings is 1. The molecule has 6 heteroatoms. The molecule has 1 fully saturated rings. The van der Waals surface area contributed by atoms with Crippen LogP contribution in [0.2, 0.25) is 0 Å². The van der Waals surface area contributed by atoms with Crippen LogP contribution in [0.25, 0.3) is 10.6 Å². The molecule has 0 atom stereocenters. The lowest BCUT2D eigenvalue weighted by molar-refractivity contribution is 0.231. The number of piperazine rings is 1. The molecule has 1 aromatic carbocycles. The Morgan fingerprint density at radius 2 is 1.80 bits per heavy atom. The maximum Gasteiger partial charge on any atom is 0.123 e. The Kier molecular flexibility index (Phi) is 7.48. The predicted molar refractivity (Wildman–Crippen MR) is 90.2 cm³/mol. The number of halogens is 2. The molecule has 2 aromatic rings. The van der Waals surface area contributed by atoms with Crippen molar-refractivity contribution in [2.24, 2.45) is 0 Å². The van der Waals surface area contributed by atoms with Crippen LogP contribution in [0.3, 0.4) is 0 Å². The van der Waals surface area contributed by atoms with Crippen molar-refractivity contribution in [1.82, 2.24) is 15.2 Å². The van der Waals surface area contributed by atoms with Gasteiger partial charge in [0.05, 0.1) is 5.69 Å². The first kappa shape index (κ1) is 17.4. The van der Waals surface area contributed by atoms with Crippen LogP contribution in [0.15, 0.2) is 35.7 Å². The van der Waals surface area contributed by atoms with E-state index in [1.54, 1.807) is 11.3 Å². The smallest absolute Gasteiger partial charge is 0.123 e. The van der Waals surface area contributed by atoms with Gasteiger partial charge in [-0.3, -0.25) is 4.90 Å². The summed E-state index contributed by atoms with van der Waals surface area (Å²) in [4.78, 5) is 7.19. The van der Waals surface area contributed by atoms with Crippen LogP contribution < -0.4 is 5.32 Å². The molecule has 0 radical (unpaired) electrons. The van der Waals surface area contributed by atoms with Gasteiger partial charge in [-0.15, -0.1) is 36.2 Å². The van der Waals surface area contributed by atoms with E-state index in [9.17, 15) is 0 Å². The minimum atomic E-state index is 0. The van der Waals surface area contributed by atoms with Gasteiger partial charge < -0.3 is 5.32 Å². The number of hydrogen-bond donors (Lipinski definition) is 1. The quantitative estimate of drug-likeness (QED) is 0.936. The van der Waals surface area contributed by atoms with Gasteiger partial charge >= 0.3 is 0 Å². The molecule has 1 aromatic heterocycles. The van der Waals surface area contributed by atoms with Gasteiger partial charge in [-0.25, -0.2) is 4.98 Å². The monoisotopic (exact) mass is 331 g/mol. The molecule has 1 saturated heterocycles. The molecule has 3 nitrogen and oxygen atoms in total. The zero-order valence-electron chi connectivity index (χ0n) is 11.1. The van der Waals surface area contributed by atoms with Crippen LogP contribution in [-0.2, 0) is 6.54 Å². The summed E-state index contributed by atoms with van der Waals surface area (Å²) in [5.74, 6) is 0. The van der Waals surface area contributed by atoms with Gasteiger partial charge in [-0.2, -0.15) is 0 Å². The summed E-state index contributed by atoms with van der Waals surface area (Å²) in [5, 5.41) is 6.68. The normalized spacial score (nSPS) is 15.2. The van der Waals surface area contributed by atoms with E-state index in [4.69, 9.17) is 4.98 Å². The van der Waals surface area contributed by atoms with E-state index in [-0.39, 0.29) is 24.8 Å². The van der Waals surface area contributed by atoms with Crippen molar-refractivity contribution < 1.29 is 0 Å².